The second kappa shape index (κ2) is 5.22. The topological polar surface area (TPSA) is 26.3 Å². The SMILES string of the molecule is CCOCC(=O)c1ccc(F)c(Br)c1. The maximum absolute atomic E-state index is 12.8. The Kier molecular flexibility index (Phi) is 4.22. The van der Waals surface area contributed by atoms with Gasteiger partial charge in [0.25, 0.3) is 0 Å². The zero-order valence-electron chi connectivity index (χ0n) is 7.72. The van der Waals surface area contributed by atoms with Crippen molar-refractivity contribution < 1.29 is 13.9 Å². The van der Waals surface area contributed by atoms with Crippen molar-refractivity contribution >= 4 is 21.7 Å². The van der Waals surface area contributed by atoms with Gasteiger partial charge in [0.1, 0.15) is 12.4 Å². The quantitative estimate of drug-likeness (QED) is 0.779. The highest BCUT2D eigenvalue weighted by Crippen LogP contribution is 2.17. The van der Waals surface area contributed by atoms with Gasteiger partial charge in [-0.15, -0.1) is 0 Å². The van der Waals surface area contributed by atoms with E-state index in [-0.39, 0.29) is 18.2 Å². The summed E-state index contributed by atoms with van der Waals surface area (Å²) in [7, 11) is 0. The first-order valence-corrected chi connectivity index (χ1v) is 5.00. The monoisotopic (exact) mass is 260 g/mol. The molecule has 0 radical (unpaired) electrons. The molecule has 1 aromatic carbocycles. The van der Waals surface area contributed by atoms with Crippen molar-refractivity contribution in [1.82, 2.24) is 0 Å². The average Bonchev–Trinajstić information content (AvgIpc) is 2.18. The molecule has 0 spiro atoms. The predicted molar refractivity (Wildman–Crippen MR) is 54.9 cm³/mol. The smallest absolute Gasteiger partial charge is 0.188 e. The van der Waals surface area contributed by atoms with Crippen LogP contribution in [0.3, 0.4) is 0 Å². The van der Waals surface area contributed by atoms with Gasteiger partial charge in [0.15, 0.2) is 5.78 Å². The molecule has 1 rings (SSSR count). The first-order chi connectivity index (χ1) is 6.65. The Balaban J connectivity index is 2.76. The second-order valence-electron chi connectivity index (χ2n) is 2.69. The van der Waals surface area contributed by atoms with E-state index in [9.17, 15) is 9.18 Å². The van der Waals surface area contributed by atoms with Crippen LogP contribution >= 0.6 is 15.9 Å². The van der Waals surface area contributed by atoms with E-state index < -0.39 is 0 Å². The third kappa shape index (κ3) is 2.89. The number of carbonyl (C=O) groups excluding carboxylic acids is 1. The van der Waals surface area contributed by atoms with Gasteiger partial charge in [-0.3, -0.25) is 4.79 Å². The Morgan fingerprint density at radius 2 is 2.29 bits per heavy atom. The zero-order valence-corrected chi connectivity index (χ0v) is 9.30. The third-order valence-corrected chi connectivity index (χ3v) is 2.29. The molecule has 0 aliphatic heterocycles. The van der Waals surface area contributed by atoms with Gasteiger partial charge in [-0.05, 0) is 41.1 Å². The molecule has 0 heterocycles. The van der Waals surface area contributed by atoms with E-state index in [1.807, 2.05) is 6.92 Å². The van der Waals surface area contributed by atoms with Gasteiger partial charge in [-0.1, -0.05) is 0 Å². The summed E-state index contributed by atoms with van der Waals surface area (Å²) in [4.78, 5) is 11.4. The molecule has 14 heavy (non-hydrogen) atoms. The Bertz CT molecular complexity index is 339. The van der Waals surface area contributed by atoms with Crippen LogP contribution in [0.15, 0.2) is 22.7 Å². The van der Waals surface area contributed by atoms with E-state index in [0.29, 0.717) is 16.6 Å². The molecule has 0 fully saturated rings. The average molecular weight is 261 g/mol. The van der Waals surface area contributed by atoms with Crippen molar-refractivity contribution in [2.45, 2.75) is 6.92 Å². The molecule has 0 amide bonds. The third-order valence-electron chi connectivity index (χ3n) is 1.68. The fourth-order valence-electron chi connectivity index (χ4n) is 0.948. The first-order valence-electron chi connectivity index (χ1n) is 4.21. The Hall–Kier alpha value is -0.740. The highest BCUT2D eigenvalue weighted by atomic mass is 79.9. The van der Waals surface area contributed by atoms with Crippen LogP contribution < -0.4 is 0 Å². The van der Waals surface area contributed by atoms with Gasteiger partial charge < -0.3 is 4.74 Å². The maximum Gasteiger partial charge on any atom is 0.188 e. The molecular formula is C10H10BrFO2. The second-order valence-corrected chi connectivity index (χ2v) is 3.54. The predicted octanol–water partition coefficient (Wildman–Crippen LogP) is 2.81. The lowest BCUT2D eigenvalue weighted by Gasteiger charge is -2.02. The van der Waals surface area contributed by atoms with Crippen molar-refractivity contribution in [2.24, 2.45) is 0 Å². The Morgan fingerprint density at radius 1 is 1.57 bits per heavy atom. The van der Waals surface area contributed by atoms with Gasteiger partial charge in [0, 0.05) is 12.2 Å². The Labute approximate surface area is 90.2 Å². The zero-order chi connectivity index (χ0) is 10.6. The minimum atomic E-state index is -0.377. The molecule has 1 aromatic rings. The fraction of sp³-hybridized carbons (Fsp3) is 0.300. The summed E-state index contributed by atoms with van der Waals surface area (Å²) in [5, 5.41) is 0. The van der Waals surface area contributed by atoms with Crippen LogP contribution in [0.25, 0.3) is 0 Å². The van der Waals surface area contributed by atoms with E-state index in [0.717, 1.165) is 0 Å². The number of hydrogen-bond donors (Lipinski definition) is 0. The van der Waals surface area contributed by atoms with Crippen LogP contribution in [0.4, 0.5) is 4.39 Å². The van der Waals surface area contributed by atoms with E-state index >= 15 is 0 Å². The molecule has 0 saturated heterocycles. The minimum absolute atomic E-state index is 0.0363. The Morgan fingerprint density at radius 3 is 2.86 bits per heavy atom. The highest BCUT2D eigenvalue weighted by molar-refractivity contribution is 9.10. The van der Waals surface area contributed by atoms with E-state index in [2.05, 4.69) is 15.9 Å². The van der Waals surface area contributed by atoms with Gasteiger partial charge in [-0.25, -0.2) is 4.39 Å². The van der Waals surface area contributed by atoms with Gasteiger partial charge in [0.05, 0.1) is 4.47 Å². The molecule has 0 unspecified atom stereocenters. The van der Waals surface area contributed by atoms with Gasteiger partial charge in [-0.2, -0.15) is 0 Å². The summed E-state index contributed by atoms with van der Waals surface area (Å²) in [6.45, 7) is 2.34. The standard InChI is InChI=1S/C10H10BrFO2/c1-2-14-6-10(13)7-3-4-9(12)8(11)5-7/h3-5H,2,6H2,1H3. The number of carbonyl (C=O) groups is 1. The fourth-order valence-corrected chi connectivity index (χ4v) is 1.33. The number of rotatable bonds is 4. The number of benzene rings is 1. The van der Waals surface area contributed by atoms with Gasteiger partial charge in [0.2, 0.25) is 0 Å². The number of Topliss-reactive ketones (excluding diaryl/α,β-unsaturated/α-hetero) is 1. The molecule has 2 nitrogen and oxygen atoms in total. The lowest BCUT2D eigenvalue weighted by molar-refractivity contribution is 0.0783. The number of ether oxygens (including phenoxy) is 1. The largest absolute Gasteiger partial charge is 0.374 e. The van der Waals surface area contributed by atoms with Crippen LogP contribution in [0.5, 0.6) is 0 Å². The van der Waals surface area contributed by atoms with Crippen LogP contribution in [0.2, 0.25) is 0 Å². The van der Waals surface area contributed by atoms with Gasteiger partial charge >= 0.3 is 0 Å². The molecular weight excluding hydrogens is 251 g/mol. The summed E-state index contributed by atoms with van der Waals surface area (Å²) >= 11 is 3.01. The van der Waals surface area contributed by atoms with Crippen molar-refractivity contribution in [1.29, 1.82) is 0 Å². The molecule has 0 N–H and O–H groups in total. The summed E-state index contributed by atoms with van der Waals surface area (Å²) in [5.41, 5.74) is 0.451. The molecule has 76 valence electrons. The molecule has 0 aliphatic carbocycles. The van der Waals surface area contributed by atoms with Crippen LogP contribution in [0, 0.1) is 5.82 Å². The summed E-state index contributed by atoms with van der Waals surface area (Å²) < 4.78 is 18.1. The minimum Gasteiger partial charge on any atom is -0.374 e. The molecule has 0 aliphatic rings. The molecule has 0 aromatic heterocycles. The molecule has 0 bridgehead atoms. The van der Waals surface area contributed by atoms with Crippen molar-refractivity contribution in [3.05, 3.63) is 34.1 Å². The highest BCUT2D eigenvalue weighted by Gasteiger charge is 2.07. The van der Waals surface area contributed by atoms with Crippen molar-refractivity contribution in [3.63, 3.8) is 0 Å². The number of ketones is 1. The van der Waals surface area contributed by atoms with Crippen molar-refractivity contribution in [3.8, 4) is 0 Å². The number of hydrogen-bond acceptors (Lipinski definition) is 2. The van der Waals surface area contributed by atoms with Crippen LogP contribution in [-0.4, -0.2) is 19.0 Å². The first kappa shape index (κ1) is 11.3. The molecule has 0 atom stereocenters. The van der Waals surface area contributed by atoms with E-state index in [4.69, 9.17) is 4.74 Å². The lowest BCUT2D eigenvalue weighted by Crippen LogP contribution is -2.08. The summed E-state index contributed by atoms with van der Waals surface area (Å²) in [6.07, 6.45) is 0. The summed E-state index contributed by atoms with van der Waals surface area (Å²) in [5.74, 6) is -0.523. The summed E-state index contributed by atoms with van der Waals surface area (Å²) in [6, 6.07) is 4.15. The van der Waals surface area contributed by atoms with E-state index in [1.54, 1.807) is 0 Å². The molecule has 0 saturated carbocycles. The lowest BCUT2D eigenvalue weighted by atomic mass is 10.1. The molecule has 4 heteroatoms. The maximum atomic E-state index is 12.8. The number of halogens is 2. The van der Waals surface area contributed by atoms with E-state index in [1.165, 1.54) is 18.2 Å². The normalized spacial score (nSPS) is 10.2. The van der Waals surface area contributed by atoms with Crippen LogP contribution in [0.1, 0.15) is 17.3 Å². The van der Waals surface area contributed by atoms with Crippen LogP contribution in [-0.2, 0) is 4.74 Å². The van der Waals surface area contributed by atoms with Crippen molar-refractivity contribution in [2.75, 3.05) is 13.2 Å².